The Morgan fingerprint density at radius 1 is 1.24 bits per heavy atom. The van der Waals surface area contributed by atoms with E-state index in [1.807, 2.05) is 0 Å². The van der Waals surface area contributed by atoms with Gasteiger partial charge < -0.3 is 5.32 Å². The molecule has 25 heavy (non-hydrogen) atoms. The molecular formula is C20H29N3OS. The Balaban J connectivity index is 1.71. The molecule has 4 nitrogen and oxygen atoms in total. The number of hydrogen-bond donors (Lipinski definition) is 1. The summed E-state index contributed by atoms with van der Waals surface area (Å²) in [5.41, 5.74) is 1.91. The predicted molar refractivity (Wildman–Crippen MR) is 103 cm³/mol. The second-order valence-electron chi connectivity index (χ2n) is 7.63. The standard InChI is InChI=1S/C20H29N3OS/c1-14(2)23(15-8-6-7-9-15)13-19(24)22-20-17(12-21)16-10-4-3-5-11-18(16)25-20/h14-15H,3-11,13H2,1-2H3,(H,22,24). The van der Waals surface area contributed by atoms with E-state index in [1.165, 1.54) is 49.0 Å². The van der Waals surface area contributed by atoms with Gasteiger partial charge in [-0.25, -0.2) is 0 Å². The van der Waals surface area contributed by atoms with E-state index in [0.717, 1.165) is 24.3 Å². The average molecular weight is 360 g/mol. The minimum Gasteiger partial charge on any atom is -0.315 e. The molecule has 2 aliphatic carbocycles. The number of carbonyl (C=O) groups excluding carboxylic acids is 1. The van der Waals surface area contributed by atoms with Crippen molar-refractivity contribution in [3.8, 4) is 6.07 Å². The molecule has 0 spiro atoms. The number of anilines is 1. The summed E-state index contributed by atoms with van der Waals surface area (Å²) in [5.74, 6) is 0.0218. The number of aryl methyl sites for hydroxylation is 1. The maximum atomic E-state index is 12.7. The average Bonchev–Trinajstić information content (AvgIpc) is 3.15. The Kier molecular flexibility index (Phi) is 6.14. The number of thiophene rings is 1. The molecule has 0 aromatic carbocycles. The van der Waals surface area contributed by atoms with Crippen LogP contribution in [-0.4, -0.2) is 29.4 Å². The first kappa shape index (κ1) is 18.4. The van der Waals surface area contributed by atoms with E-state index in [2.05, 4.69) is 30.1 Å². The Labute approximate surface area is 155 Å². The van der Waals surface area contributed by atoms with E-state index in [9.17, 15) is 10.1 Å². The number of nitriles is 1. The smallest absolute Gasteiger partial charge is 0.239 e. The van der Waals surface area contributed by atoms with E-state index in [4.69, 9.17) is 0 Å². The second kappa shape index (κ2) is 8.33. The van der Waals surface area contributed by atoms with Crippen LogP contribution in [0.1, 0.15) is 74.8 Å². The predicted octanol–water partition coefficient (Wildman–Crippen LogP) is 4.48. The van der Waals surface area contributed by atoms with Crippen LogP contribution in [0.5, 0.6) is 0 Å². The zero-order valence-electron chi connectivity index (χ0n) is 15.4. The van der Waals surface area contributed by atoms with Gasteiger partial charge >= 0.3 is 0 Å². The third kappa shape index (κ3) is 4.24. The van der Waals surface area contributed by atoms with Gasteiger partial charge in [0.2, 0.25) is 5.91 Å². The molecule has 0 radical (unpaired) electrons. The van der Waals surface area contributed by atoms with Crippen LogP contribution in [0.4, 0.5) is 5.00 Å². The van der Waals surface area contributed by atoms with Crippen LogP contribution in [0, 0.1) is 11.3 Å². The molecule has 0 unspecified atom stereocenters. The van der Waals surface area contributed by atoms with Crippen LogP contribution in [0.2, 0.25) is 0 Å². The Hall–Kier alpha value is -1.38. The highest BCUT2D eigenvalue weighted by Gasteiger charge is 2.27. The van der Waals surface area contributed by atoms with E-state index in [0.29, 0.717) is 24.2 Å². The van der Waals surface area contributed by atoms with Gasteiger partial charge in [-0.2, -0.15) is 5.26 Å². The minimum atomic E-state index is 0.0218. The maximum Gasteiger partial charge on any atom is 0.239 e. The number of carbonyl (C=O) groups is 1. The molecule has 5 heteroatoms. The molecule has 136 valence electrons. The first-order valence-corrected chi connectivity index (χ1v) is 10.5. The van der Waals surface area contributed by atoms with Crippen LogP contribution in [0.3, 0.4) is 0 Å². The van der Waals surface area contributed by atoms with Crippen LogP contribution >= 0.6 is 11.3 Å². The third-order valence-corrected chi connectivity index (χ3v) is 6.78. The van der Waals surface area contributed by atoms with Crippen LogP contribution in [-0.2, 0) is 17.6 Å². The molecule has 0 atom stereocenters. The van der Waals surface area contributed by atoms with Gasteiger partial charge in [0.1, 0.15) is 11.1 Å². The van der Waals surface area contributed by atoms with Crippen molar-refractivity contribution >= 4 is 22.2 Å². The molecule has 1 heterocycles. The Bertz CT molecular complexity index is 653. The molecule has 0 bridgehead atoms. The normalized spacial score (nSPS) is 18.2. The van der Waals surface area contributed by atoms with E-state index in [1.54, 1.807) is 11.3 Å². The molecule has 1 amide bonds. The van der Waals surface area contributed by atoms with Gasteiger partial charge in [0.25, 0.3) is 0 Å². The zero-order valence-corrected chi connectivity index (χ0v) is 16.3. The molecule has 1 aromatic rings. The summed E-state index contributed by atoms with van der Waals surface area (Å²) in [6.07, 6.45) is 10.5. The van der Waals surface area contributed by atoms with E-state index < -0.39 is 0 Å². The number of rotatable bonds is 5. The minimum absolute atomic E-state index is 0.0218. The van der Waals surface area contributed by atoms with Crippen LogP contribution in [0.15, 0.2) is 0 Å². The van der Waals surface area contributed by atoms with Crippen molar-refractivity contribution in [3.05, 3.63) is 16.0 Å². The van der Waals surface area contributed by atoms with E-state index in [-0.39, 0.29) is 5.91 Å². The number of fused-ring (bicyclic) bond motifs is 1. The molecule has 1 saturated carbocycles. The fourth-order valence-corrected chi connectivity index (χ4v) is 5.51. The highest BCUT2D eigenvalue weighted by molar-refractivity contribution is 7.16. The topological polar surface area (TPSA) is 56.1 Å². The molecular weight excluding hydrogens is 330 g/mol. The molecule has 1 N–H and O–H groups in total. The summed E-state index contributed by atoms with van der Waals surface area (Å²) in [7, 11) is 0. The van der Waals surface area contributed by atoms with Crippen molar-refractivity contribution in [3.63, 3.8) is 0 Å². The molecule has 1 aromatic heterocycles. The molecule has 1 fully saturated rings. The van der Waals surface area contributed by atoms with Crippen molar-refractivity contribution in [2.45, 2.75) is 83.7 Å². The lowest BCUT2D eigenvalue weighted by Crippen LogP contribution is -2.43. The third-order valence-electron chi connectivity index (χ3n) is 5.57. The van der Waals surface area contributed by atoms with Crippen molar-refractivity contribution in [1.29, 1.82) is 5.26 Å². The summed E-state index contributed by atoms with van der Waals surface area (Å²) >= 11 is 1.62. The SMILES string of the molecule is CC(C)N(CC(=O)Nc1sc2c(c1C#N)CCCCC2)C1CCCC1. The summed E-state index contributed by atoms with van der Waals surface area (Å²) < 4.78 is 0. The number of nitrogens with zero attached hydrogens (tertiary/aromatic N) is 2. The summed E-state index contributed by atoms with van der Waals surface area (Å²) in [5, 5.41) is 13.4. The summed E-state index contributed by atoms with van der Waals surface area (Å²) in [6.45, 7) is 4.76. The first-order chi connectivity index (χ1) is 12.1. The van der Waals surface area contributed by atoms with Crippen molar-refractivity contribution in [2.24, 2.45) is 0 Å². The Morgan fingerprint density at radius 3 is 2.64 bits per heavy atom. The lowest BCUT2D eigenvalue weighted by molar-refractivity contribution is -0.118. The van der Waals surface area contributed by atoms with Gasteiger partial charge in [0.15, 0.2) is 0 Å². The monoisotopic (exact) mass is 359 g/mol. The maximum absolute atomic E-state index is 12.7. The van der Waals surface area contributed by atoms with Gasteiger partial charge in [-0.15, -0.1) is 11.3 Å². The lowest BCUT2D eigenvalue weighted by Gasteiger charge is -2.31. The van der Waals surface area contributed by atoms with Crippen molar-refractivity contribution in [1.82, 2.24) is 4.90 Å². The van der Waals surface area contributed by atoms with Gasteiger partial charge in [-0.3, -0.25) is 9.69 Å². The number of hydrogen-bond acceptors (Lipinski definition) is 4. The zero-order chi connectivity index (χ0) is 17.8. The molecule has 3 rings (SSSR count). The first-order valence-electron chi connectivity index (χ1n) is 9.70. The fraction of sp³-hybridized carbons (Fsp3) is 0.700. The fourth-order valence-electron chi connectivity index (χ4n) is 4.25. The molecule has 2 aliphatic rings. The van der Waals surface area contributed by atoms with Gasteiger partial charge in [-0.05, 0) is 57.9 Å². The second-order valence-corrected chi connectivity index (χ2v) is 8.74. The van der Waals surface area contributed by atoms with Gasteiger partial charge in [0.05, 0.1) is 12.1 Å². The summed E-state index contributed by atoms with van der Waals surface area (Å²) in [4.78, 5) is 16.3. The largest absolute Gasteiger partial charge is 0.315 e. The highest BCUT2D eigenvalue weighted by Crippen LogP contribution is 2.37. The van der Waals surface area contributed by atoms with Crippen LogP contribution in [0.25, 0.3) is 0 Å². The van der Waals surface area contributed by atoms with Crippen molar-refractivity contribution < 1.29 is 4.79 Å². The van der Waals surface area contributed by atoms with Gasteiger partial charge in [0, 0.05) is 17.0 Å². The lowest BCUT2D eigenvalue weighted by atomic mass is 10.1. The van der Waals surface area contributed by atoms with E-state index >= 15 is 0 Å². The quantitative estimate of drug-likeness (QED) is 0.789. The summed E-state index contributed by atoms with van der Waals surface area (Å²) in [6, 6.07) is 3.24. The van der Waals surface area contributed by atoms with Crippen LogP contribution < -0.4 is 5.32 Å². The Morgan fingerprint density at radius 2 is 1.96 bits per heavy atom. The van der Waals surface area contributed by atoms with Crippen molar-refractivity contribution in [2.75, 3.05) is 11.9 Å². The molecule has 0 aliphatic heterocycles. The highest BCUT2D eigenvalue weighted by atomic mass is 32.1. The molecule has 0 saturated heterocycles. The van der Waals surface area contributed by atoms with Gasteiger partial charge in [-0.1, -0.05) is 19.3 Å². The number of nitrogens with one attached hydrogen (secondary N) is 1. The number of amides is 1.